The van der Waals surface area contributed by atoms with Gasteiger partial charge in [0.1, 0.15) is 5.75 Å². The first-order valence-electron chi connectivity index (χ1n) is 8.81. The molecule has 0 bridgehead atoms. The summed E-state index contributed by atoms with van der Waals surface area (Å²) in [5.74, 6) is 1.05. The van der Waals surface area contributed by atoms with Gasteiger partial charge in [-0.3, -0.25) is 9.59 Å². The molecule has 1 saturated heterocycles. The van der Waals surface area contributed by atoms with E-state index in [9.17, 15) is 9.59 Å². The van der Waals surface area contributed by atoms with E-state index in [1.807, 2.05) is 19.1 Å². The van der Waals surface area contributed by atoms with Crippen molar-refractivity contribution in [3.63, 3.8) is 0 Å². The van der Waals surface area contributed by atoms with E-state index in [1.165, 1.54) is 0 Å². The fourth-order valence-corrected chi connectivity index (χ4v) is 3.11. The summed E-state index contributed by atoms with van der Waals surface area (Å²) in [5.41, 5.74) is 7.60. The van der Waals surface area contributed by atoms with Gasteiger partial charge in [0.25, 0.3) is 5.91 Å². The van der Waals surface area contributed by atoms with Gasteiger partial charge in [-0.05, 0) is 37.0 Å². The Balaban J connectivity index is 0.00000338. The second-order valence-corrected chi connectivity index (χ2v) is 7.04. The third-order valence-corrected chi connectivity index (χ3v) is 4.58. The zero-order valence-corrected chi connectivity index (χ0v) is 16.8. The van der Waals surface area contributed by atoms with Crippen LogP contribution < -0.4 is 10.5 Å². The highest BCUT2D eigenvalue weighted by Crippen LogP contribution is 2.20. The van der Waals surface area contributed by atoms with Gasteiger partial charge in [-0.2, -0.15) is 0 Å². The number of hydrogen-bond donors (Lipinski definition) is 1. The summed E-state index contributed by atoms with van der Waals surface area (Å²) in [6, 6.07) is 5.02. The number of aryl methyl sites for hydroxylation is 1. The van der Waals surface area contributed by atoms with Crippen LogP contribution in [0.2, 0.25) is 0 Å². The van der Waals surface area contributed by atoms with E-state index in [1.54, 1.807) is 23.0 Å². The largest absolute Gasteiger partial charge is 0.496 e. The first-order valence-corrected chi connectivity index (χ1v) is 8.81. The van der Waals surface area contributed by atoms with Gasteiger partial charge in [0, 0.05) is 31.7 Å². The molecule has 0 spiro atoms. The van der Waals surface area contributed by atoms with Gasteiger partial charge in [-0.15, -0.1) is 12.4 Å². The molecule has 26 heavy (non-hydrogen) atoms. The summed E-state index contributed by atoms with van der Waals surface area (Å²) in [6.45, 7) is 8.15. The quantitative estimate of drug-likeness (QED) is 0.844. The highest BCUT2D eigenvalue weighted by molar-refractivity contribution is 5.95. The molecule has 2 N–H and O–H groups in total. The minimum Gasteiger partial charge on any atom is -0.496 e. The summed E-state index contributed by atoms with van der Waals surface area (Å²) < 4.78 is 5.29. The van der Waals surface area contributed by atoms with Crippen molar-refractivity contribution < 1.29 is 14.3 Å². The van der Waals surface area contributed by atoms with Crippen LogP contribution in [0.25, 0.3) is 0 Å². The van der Waals surface area contributed by atoms with Crippen molar-refractivity contribution in [3.05, 3.63) is 29.3 Å². The second kappa shape index (κ2) is 9.78. The monoisotopic (exact) mass is 383 g/mol. The molecule has 2 amide bonds. The molecule has 0 aliphatic carbocycles. The lowest BCUT2D eigenvalue weighted by atomic mass is 10.0. The van der Waals surface area contributed by atoms with E-state index in [4.69, 9.17) is 10.5 Å². The Morgan fingerprint density at radius 3 is 2.27 bits per heavy atom. The summed E-state index contributed by atoms with van der Waals surface area (Å²) in [7, 11) is 1.60. The standard InChI is InChI=1S/C19H29N3O3.ClH/c1-13(2)11-16(20)19(24)22-9-7-21(8-10-22)18(23)15-6-5-14(3)17(12-15)25-4;/h5-6,12-13,16H,7-11,20H2,1-4H3;1H/t16-;/m0./s1. The maximum atomic E-state index is 12.7. The third-order valence-electron chi connectivity index (χ3n) is 4.58. The maximum Gasteiger partial charge on any atom is 0.254 e. The predicted molar refractivity (Wildman–Crippen MR) is 105 cm³/mol. The smallest absolute Gasteiger partial charge is 0.254 e. The molecule has 6 nitrogen and oxygen atoms in total. The molecule has 1 fully saturated rings. The fraction of sp³-hybridized carbons (Fsp3) is 0.579. The zero-order chi connectivity index (χ0) is 18.6. The van der Waals surface area contributed by atoms with Crippen molar-refractivity contribution in [3.8, 4) is 5.75 Å². The van der Waals surface area contributed by atoms with Crippen LogP contribution in [0, 0.1) is 12.8 Å². The number of benzene rings is 1. The summed E-state index contributed by atoms with van der Waals surface area (Å²) in [5, 5.41) is 0. The Labute approximate surface area is 162 Å². The molecule has 1 heterocycles. The van der Waals surface area contributed by atoms with Crippen molar-refractivity contribution >= 4 is 24.2 Å². The van der Waals surface area contributed by atoms with Crippen molar-refractivity contribution in [2.45, 2.75) is 33.2 Å². The predicted octanol–water partition coefficient (Wildman–Crippen LogP) is 2.08. The summed E-state index contributed by atoms with van der Waals surface area (Å²) >= 11 is 0. The van der Waals surface area contributed by atoms with Crippen molar-refractivity contribution in [2.24, 2.45) is 11.7 Å². The minimum absolute atomic E-state index is 0. The third kappa shape index (κ3) is 5.35. The zero-order valence-electron chi connectivity index (χ0n) is 16.0. The van der Waals surface area contributed by atoms with Crippen molar-refractivity contribution in [2.75, 3.05) is 33.3 Å². The number of amides is 2. The number of carbonyl (C=O) groups excluding carboxylic acids is 2. The van der Waals surface area contributed by atoms with E-state index in [0.717, 1.165) is 5.56 Å². The molecule has 1 aromatic carbocycles. The number of ether oxygens (including phenoxy) is 1. The Hall–Kier alpha value is -1.79. The molecule has 0 unspecified atom stereocenters. The van der Waals surface area contributed by atoms with Gasteiger partial charge in [-0.25, -0.2) is 0 Å². The van der Waals surface area contributed by atoms with Gasteiger partial charge >= 0.3 is 0 Å². The average molecular weight is 384 g/mol. The Bertz CT molecular complexity index is 628. The molecule has 1 atom stereocenters. The fourth-order valence-electron chi connectivity index (χ4n) is 3.11. The normalized spacial score (nSPS) is 15.5. The molecule has 7 heteroatoms. The number of nitrogens with two attached hydrogens (primary N) is 1. The molecule has 0 radical (unpaired) electrons. The molecule has 0 saturated carbocycles. The van der Waals surface area contributed by atoms with E-state index in [0.29, 0.717) is 49.8 Å². The topological polar surface area (TPSA) is 75.9 Å². The highest BCUT2D eigenvalue weighted by atomic mass is 35.5. The lowest BCUT2D eigenvalue weighted by Crippen LogP contribution is -2.54. The summed E-state index contributed by atoms with van der Waals surface area (Å²) in [4.78, 5) is 28.6. The molecule has 0 aromatic heterocycles. The van der Waals surface area contributed by atoms with Gasteiger partial charge in [0.2, 0.25) is 5.91 Å². The molecular weight excluding hydrogens is 354 g/mol. The molecule has 1 aliphatic heterocycles. The molecule has 146 valence electrons. The van der Waals surface area contributed by atoms with Crippen LogP contribution in [0.3, 0.4) is 0 Å². The van der Waals surface area contributed by atoms with Crippen LogP contribution in [0.1, 0.15) is 36.2 Å². The van der Waals surface area contributed by atoms with Crippen LogP contribution in [0.4, 0.5) is 0 Å². The van der Waals surface area contributed by atoms with Crippen LogP contribution in [0.5, 0.6) is 5.75 Å². The van der Waals surface area contributed by atoms with Gasteiger partial charge in [0.05, 0.1) is 13.2 Å². The number of halogens is 1. The average Bonchev–Trinajstić information content (AvgIpc) is 2.60. The molecule has 1 aromatic rings. The number of methoxy groups -OCH3 is 1. The summed E-state index contributed by atoms with van der Waals surface area (Å²) in [6.07, 6.45) is 0.682. The highest BCUT2D eigenvalue weighted by Gasteiger charge is 2.28. The molecule has 1 aliphatic rings. The van der Waals surface area contributed by atoms with E-state index in [-0.39, 0.29) is 24.2 Å². The van der Waals surface area contributed by atoms with Crippen LogP contribution >= 0.6 is 12.4 Å². The van der Waals surface area contributed by atoms with Crippen LogP contribution in [-0.4, -0.2) is 60.9 Å². The lowest BCUT2D eigenvalue weighted by molar-refractivity contribution is -0.134. The number of piperazine rings is 1. The maximum absolute atomic E-state index is 12.7. The Kier molecular flexibility index (Phi) is 8.37. The number of rotatable bonds is 5. The Morgan fingerprint density at radius 2 is 1.73 bits per heavy atom. The van der Waals surface area contributed by atoms with Crippen LogP contribution in [0.15, 0.2) is 18.2 Å². The van der Waals surface area contributed by atoms with Crippen molar-refractivity contribution in [1.29, 1.82) is 0 Å². The lowest BCUT2D eigenvalue weighted by Gasteiger charge is -2.36. The van der Waals surface area contributed by atoms with E-state index >= 15 is 0 Å². The van der Waals surface area contributed by atoms with E-state index < -0.39 is 6.04 Å². The van der Waals surface area contributed by atoms with Crippen molar-refractivity contribution in [1.82, 2.24) is 9.80 Å². The first-order chi connectivity index (χ1) is 11.8. The first kappa shape index (κ1) is 22.3. The van der Waals surface area contributed by atoms with Gasteiger partial charge < -0.3 is 20.3 Å². The van der Waals surface area contributed by atoms with Gasteiger partial charge in [-0.1, -0.05) is 19.9 Å². The number of hydrogen-bond acceptors (Lipinski definition) is 4. The minimum atomic E-state index is -0.455. The van der Waals surface area contributed by atoms with Crippen LogP contribution in [-0.2, 0) is 4.79 Å². The van der Waals surface area contributed by atoms with E-state index in [2.05, 4.69) is 13.8 Å². The Morgan fingerprint density at radius 1 is 1.15 bits per heavy atom. The number of nitrogens with zero attached hydrogens (tertiary/aromatic N) is 2. The molecular formula is C19H30ClN3O3. The SMILES string of the molecule is COc1cc(C(=O)N2CCN(C(=O)[C@@H](N)CC(C)C)CC2)ccc1C.Cl. The number of carbonyl (C=O) groups is 2. The van der Waals surface area contributed by atoms with Gasteiger partial charge in [0.15, 0.2) is 0 Å². The molecule has 2 rings (SSSR count). The second-order valence-electron chi connectivity index (χ2n) is 7.04.